The maximum Gasteiger partial charge on any atom is 0.334 e. The molecule has 0 aliphatic carbocycles. The summed E-state index contributed by atoms with van der Waals surface area (Å²) in [6.45, 7) is 0. The Morgan fingerprint density at radius 3 is 2.33 bits per heavy atom. The molecule has 2 aliphatic rings. The largest absolute Gasteiger partial charge is 0.479 e. The number of aliphatic hydroxyl groups excluding tert-OH is 1. The van der Waals surface area contributed by atoms with E-state index in [9.17, 15) is 9.90 Å². The summed E-state index contributed by atoms with van der Waals surface area (Å²) in [4.78, 5) is 13.0. The molecule has 2 bridgehead atoms. The van der Waals surface area contributed by atoms with Gasteiger partial charge in [0.25, 0.3) is 0 Å². The van der Waals surface area contributed by atoms with Gasteiger partial charge in [-0.2, -0.15) is 0 Å². The van der Waals surface area contributed by atoms with Gasteiger partial charge in [0.15, 0.2) is 6.10 Å². The minimum absolute atomic E-state index is 0.336. The summed E-state index contributed by atoms with van der Waals surface area (Å²) in [6.07, 6.45) is 1.84. The fourth-order valence-corrected chi connectivity index (χ4v) is 3.01. The smallest absolute Gasteiger partial charge is 0.334 e. The highest BCUT2D eigenvalue weighted by molar-refractivity contribution is 5.74. The van der Waals surface area contributed by atoms with E-state index < -0.39 is 17.6 Å². The van der Waals surface area contributed by atoms with Crippen molar-refractivity contribution in [3.8, 4) is 0 Å². The predicted octanol–water partition coefficient (Wildman–Crippen LogP) is -0.614. The number of piperidine rings is 1. The molecule has 5 nitrogen and oxygen atoms in total. The Morgan fingerprint density at radius 1 is 1.47 bits per heavy atom. The van der Waals surface area contributed by atoms with Crippen LogP contribution in [0, 0.1) is 0 Å². The van der Waals surface area contributed by atoms with Gasteiger partial charge in [-0.05, 0) is 32.7 Å². The third-order valence-electron chi connectivity index (χ3n) is 3.99. The summed E-state index contributed by atoms with van der Waals surface area (Å²) in [5.74, 6) is -1.21. The number of carbonyl (C=O) groups is 1. The van der Waals surface area contributed by atoms with Crippen LogP contribution in [0.2, 0.25) is 0 Å². The Bertz CT molecular complexity index is 268. The summed E-state index contributed by atoms with van der Waals surface area (Å²) in [5, 5.41) is 18.4. The predicted molar refractivity (Wildman–Crippen MR) is 54.4 cm³/mol. The molecule has 0 saturated carbocycles. The molecule has 0 amide bonds. The minimum atomic E-state index is -1.44. The summed E-state index contributed by atoms with van der Waals surface area (Å²) in [5.41, 5.74) is 5.09. The molecule has 2 heterocycles. The molecule has 2 fully saturated rings. The van der Waals surface area contributed by atoms with E-state index in [1.54, 1.807) is 0 Å². The first-order valence-corrected chi connectivity index (χ1v) is 5.36. The van der Waals surface area contributed by atoms with Gasteiger partial charge < -0.3 is 20.8 Å². The molecule has 4 N–H and O–H groups in total. The highest BCUT2D eigenvalue weighted by Gasteiger charge is 2.50. The zero-order valence-electron chi connectivity index (χ0n) is 8.89. The normalized spacial score (nSPS) is 42.9. The van der Waals surface area contributed by atoms with Crippen molar-refractivity contribution in [2.24, 2.45) is 5.73 Å². The van der Waals surface area contributed by atoms with E-state index in [0.717, 1.165) is 12.8 Å². The third kappa shape index (κ3) is 1.64. The van der Waals surface area contributed by atoms with Crippen LogP contribution in [-0.2, 0) is 4.79 Å². The topological polar surface area (TPSA) is 86.8 Å². The Morgan fingerprint density at radius 2 is 1.93 bits per heavy atom. The molecule has 0 aromatic carbocycles. The Balaban J connectivity index is 2.16. The lowest BCUT2D eigenvalue weighted by Gasteiger charge is -2.44. The number of carboxylic acid groups (broad SMARTS) is 1. The van der Waals surface area contributed by atoms with Crippen LogP contribution in [0.1, 0.15) is 25.7 Å². The second-order valence-electron chi connectivity index (χ2n) is 4.93. The molecule has 2 rings (SSSR count). The van der Waals surface area contributed by atoms with E-state index in [0.29, 0.717) is 24.9 Å². The first kappa shape index (κ1) is 10.9. The van der Waals surface area contributed by atoms with Crippen molar-refractivity contribution in [1.29, 1.82) is 0 Å². The van der Waals surface area contributed by atoms with Gasteiger partial charge in [-0.3, -0.25) is 0 Å². The van der Waals surface area contributed by atoms with E-state index in [2.05, 4.69) is 11.9 Å². The summed E-state index contributed by atoms with van der Waals surface area (Å²) < 4.78 is 0. The van der Waals surface area contributed by atoms with E-state index >= 15 is 0 Å². The van der Waals surface area contributed by atoms with Gasteiger partial charge in [0.2, 0.25) is 0 Å². The van der Waals surface area contributed by atoms with E-state index in [1.165, 1.54) is 0 Å². The molecule has 2 saturated heterocycles. The number of carboxylic acids is 1. The molecular weight excluding hydrogens is 196 g/mol. The van der Waals surface area contributed by atoms with Crippen molar-refractivity contribution in [2.45, 2.75) is 49.4 Å². The molecule has 0 radical (unpaired) electrons. The van der Waals surface area contributed by atoms with Crippen molar-refractivity contribution in [3.63, 3.8) is 0 Å². The molecule has 5 heteroatoms. The Hall–Kier alpha value is -0.650. The van der Waals surface area contributed by atoms with Crippen LogP contribution in [-0.4, -0.2) is 51.9 Å². The molecule has 0 spiro atoms. The van der Waals surface area contributed by atoms with Crippen molar-refractivity contribution < 1.29 is 15.0 Å². The van der Waals surface area contributed by atoms with Crippen molar-refractivity contribution in [2.75, 3.05) is 7.05 Å². The van der Waals surface area contributed by atoms with Gasteiger partial charge in [-0.25, -0.2) is 4.79 Å². The SMILES string of the molecule is CN1C2CCC1CC(N)(C(O)C(=O)O)C2. The first-order chi connectivity index (χ1) is 6.94. The van der Waals surface area contributed by atoms with Crippen LogP contribution in [0.4, 0.5) is 0 Å². The number of aliphatic hydroxyl groups is 1. The summed E-state index contributed by atoms with van der Waals surface area (Å²) >= 11 is 0. The van der Waals surface area contributed by atoms with E-state index in [1.807, 2.05) is 0 Å². The van der Waals surface area contributed by atoms with Crippen LogP contribution < -0.4 is 5.73 Å². The first-order valence-electron chi connectivity index (χ1n) is 5.36. The maximum atomic E-state index is 10.8. The summed E-state index contributed by atoms with van der Waals surface area (Å²) in [6, 6.07) is 0.672. The van der Waals surface area contributed by atoms with Crippen LogP contribution in [0.5, 0.6) is 0 Å². The lowest BCUT2D eigenvalue weighted by molar-refractivity contribution is -0.152. The van der Waals surface area contributed by atoms with Crippen LogP contribution in [0.25, 0.3) is 0 Å². The second-order valence-corrected chi connectivity index (χ2v) is 4.93. The fourth-order valence-electron chi connectivity index (χ4n) is 3.01. The quantitative estimate of drug-likeness (QED) is 0.570. The number of rotatable bonds is 2. The van der Waals surface area contributed by atoms with Crippen molar-refractivity contribution >= 4 is 5.97 Å². The molecule has 3 unspecified atom stereocenters. The number of aliphatic carboxylic acids is 1. The zero-order chi connectivity index (χ0) is 11.2. The van der Waals surface area contributed by atoms with Crippen molar-refractivity contribution in [1.82, 2.24) is 4.90 Å². The molecule has 3 atom stereocenters. The van der Waals surface area contributed by atoms with E-state index in [4.69, 9.17) is 10.8 Å². The van der Waals surface area contributed by atoms with Crippen LogP contribution >= 0.6 is 0 Å². The monoisotopic (exact) mass is 214 g/mol. The Kier molecular flexibility index (Phi) is 2.48. The molecular formula is C10H18N2O3. The third-order valence-corrected chi connectivity index (χ3v) is 3.99. The van der Waals surface area contributed by atoms with Gasteiger partial charge in [0, 0.05) is 12.1 Å². The Labute approximate surface area is 88.9 Å². The summed E-state index contributed by atoms with van der Waals surface area (Å²) in [7, 11) is 2.05. The van der Waals surface area contributed by atoms with Gasteiger partial charge in [0.05, 0.1) is 5.54 Å². The highest BCUT2D eigenvalue weighted by Crippen LogP contribution is 2.39. The number of nitrogens with two attached hydrogens (primary N) is 1. The zero-order valence-corrected chi connectivity index (χ0v) is 8.89. The number of hydrogen-bond donors (Lipinski definition) is 3. The van der Waals surface area contributed by atoms with Gasteiger partial charge in [-0.15, -0.1) is 0 Å². The molecule has 15 heavy (non-hydrogen) atoms. The molecule has 0 aromatic heterocycles. The van der Waals surface area contributed by atoms with Crippen molar-refractivity contribution in [3.05, 3.63) is 0 Å². The standard InChI is InChI=1S/C10H18N2O3/c1-12-6-2-3-7(12)5-10(11,4-6)8(13)9(14)15/h6-8,13H,2-5,11H2,1H3,(H,14,15). The molecule has 2 aliphatic heterocycles. The van der Waals surface area contributed by atoms with Crippen LogP contribution in [0.3, 0.4) is 0 Å². The number of hydrogen-bond acceptors (Lipinski definition) is 4. The number of fused-ring (bicyclic) bond motifs is 2. The fraction of sp³-hybridized carbons (Fsp3) is 0.900. The lowest BCUT2D eigenvalue weighted by atomic mass is 9.79. The molecule has 86 valence electrons. The number of nitrogens with zero attached hydrogens (tertiary/aromatic N) is 1. The average Bonchev–Trinajstić information content (AvgIpc) is 2.40. The van der Waals surface area contributed by atoms with E-state index in [-0.39, 0.29) is 0 Å². The highest BCUT2D eigenvalue weighted by atomic mass is 16.4. The average molecular weight is 214 g/mol. The lowest BCUT2D eigenvalue weighted by Crippen LogP contribution is -2.62. The van der Waals surface area contributed by atoms with Gasteiger partial charge >= 0.3 is 5.97 Å². The van der Waals surface area contributed by atoms with Gasteiger partial charge in [0.1, 0.15) is 0 Å². The maximum absolute atomic E-state index is 10.8. The molecule has 0 aromatic rings. The minimum Gasteiger partial charge on any atom is -0.479 e. The van der Waals surface area contributed by atoms with Crippen LogP contribution in [0.15, 0.2) is 0 Å². The van der Waals surface area contributed by atoms with Gasteiger partial charge in [-0.1, -0.05) is 0 Å². The second kappa shape index (κ2) is 3.43.